The Labute approximate surface area is 153 Å². The number of ketones is 1. The minimum Gasteiger partial charge on any atom is -0.464 e. The highest BCUT2D eigenvalue weighted by molar-refractivity contribution is 6.30. The number of benzene rings is 2. The van der Waals surface area contributed by atoms with Crippen LogP contribution in [-0.2, 0) is 6.42 Å². The molecule has 4 rings (SSSR count). The van der Waals surface area contributed by atoms with Crippen LogP contribution in [0.1, 0.15) is 27.2 Å². The first-order valence-corrected chi connectivity index (χ1v) is 8.33. The second kappa shape index (κ2) is 6.61. The standard InChI is InChI=1S/C20H13ClN2O3/c21-15-3-1-13(2-4-15)19(25)17-11-12(9-14-7-8-26-20(14)17)10-16-5-6-18(24)23-22-16/h1-9,11H,10H2,(H,23,24). The van der Waals surface area contributed by atoms with E-state index in [2.05, 4.69) is 10.2 Å². The molecule has 0 aliphatic rings. The number of furan rings is 1. The number of H-pyrrole nitrogens is 1. The van der Waals surface area contributed by atoms with Crippen molar-refractivity contribution in [3.63, 3.8) is 0 Å². The van der Waals surface area contributed by atoms with E-state index in [0.717, 1.165) is 10.9 Å². The molecule has 1 N–H and O–H groups in total. The zero-order valence-electron chi connectivity index (χ0n) is 13.5. The van der Waals surface area contributed by atoms with E-state index in [4.69, 9.17) is 16.0 Å². The lowest BCUT2D eigenvalue weighted by molar-refractivity contribution is 0.103. The molecule has 2 heterocycles. The van der Waals surface area contributed by atoms with Crippen molar-refractivity contribution < 1.29 is 9.21 Å². The van der Waals surface area contributed by atoms with Gasteiger partial charge >= 0.3 is 0 Å². The van der Waals surface area contributed by atoms with Crippen molar-refractivity contribution >= 4 is 28.4 Å². The Hall–Kier alpha value is -3.18. The van der Waals surface area contributed by atoms with Crippen LogP contribution in [0.5, 0.6) is 0 Å². The summed E-state index contributed by atoms with van der Waals surface area (Å²) < 4.78 is 5.53. The van der Waals surface area contributed by atoms with Gasteiger partial charge in [-0.3, -0.25) is 9.59 Å². The summed E-state index contributed by atoms with van der Waals surface area (Å²) in [5, 5.41) is 7.85. The van der Waals surface area contributed by atoms with Gasteiger partial charge < -0.3 is 4.42 Å². The highest BCUT2D eigenvalue weighted by Gasteiger charge is 2.17. The smallest absolute Gasteiger partial charge is 0.264 e. The van der Waals surface area contributed by atoms with Crippen LogP contribution in [-0.4, -0.2) is 16.0 Å². The maximum absolute atomic E-state index is 13.0. The average Bonchev–Trinajstić information content (AvgIpc) is 3.11. The molecule has 0 bridgehead atoms. The Balaban J connectivity index is 1.77. The number of nitrogens with zero attached hydrogens (tertiary/aromatic N) is 1. The van der Waals surface area contributed by atoms with Crippen molar-refractivity contribution in [3.8, 4) is 0 Å². The molecule has 0 spiro atoms. The Morgan fingerprint density at radius 1 is 1.08 bits per heavy atom. The summed E-state index contributed by atoms with van der Waals surface area (Å²) in [4.78, 5) is 24.1. The zero-order valence-corrected chi connectivity index (χ0v) is 14.3. The molecule has 0 saturated heterocycles. The van der Waals surface area contributed by atoms with Crippen LogP contribution in [0.4, 0.5) is 0 Å². The van der Waals surface area contributed by atoms with Gasteiger partial charge in [0.1, 0.15) is 5.58 Å². The van der Waals surface area contributed by atoms with Crippen molar-refractivity contribution in [2.75, 3.05) is 0 Å². The van der Waals surface area contributed by atoms with Crippen LogP contribution in [0.15, 0.2) is 70.1 Å². The van der Waals surface area contributed by atoms with Crippen LogP contribution < -0.4 is 5.56 Å². The molecule has 0 saturated carbocycles. The number of nitrogens with one attached hydrogen (secondary N) is 1. The molecule has 26 heavy (non-hydrogen) atoms. The lowest BCUT2D eigenvalue weighted by atomic mass is 9.97. The summed E-state index contributed by atoms with van der Waals surface area (Å²) in [7, 11) is 0. The van der Waals surface area contributed by atoms with Gasteiger partial charge in [-0.1, -0.05) is 11.6 Å². The topological polar surface area (TPSA) is 76.0 Å². The first-order valence-electron chi connectivity index (χ1n) is 7.95. The number of hydrogen-bond acceptors (Lipinski definition) is 4. The molecular formula is C20H13ClN2O3. The highest BCUT2D eigenvalue weighted by atomic mass is 35.5. The van der Waals surface area contributed by atoms with Crippen molar-refractivity contribution in [1.29, 1.82) is 0 Å². The maximum Gasteiger partial charge on any atom is 0.264 e. The first-order chi connectivity index (χ1) is 12.6. The average molecular weight is 365 g/mol. The molecular weight excluding hydrogens is 352 g/mol. The van der Waals surface area contributed by atoms with Crippen molar-refractivity contribution in [3.05, 3.63) is 98.6 Å². The molecule has 0 amide bonds. The maximum atomic E-state index is 13.0. The molecule has 128 valence electrons. The normalized spacial score (nSPS) is 11.0. The van der Waals surface area contributed by atoms with Gasteiger partial charge in [0.05, 0.1) is 17.5 Å². The highest BCUT2D eigenvalue weighted by Crippen LogP contribution is 2.26. The summed E-state index contributed by atoms with van der Waals surface area (Å²) in [6.45, 7) is 0. The molecule has 0 aliphatic carbocycles. The quantitative estimate of drug-likeness (QED) is 0.555. The molecule has 6 heteroatoms. The Morgan fingerprint density at radius 2 is 1.88 bits per heavy atom. The molecule has 0 aliphatic heterocycles. The third-order valence-corrected chi connectivity index (χ3v) is 4.34. The van der Waals surface area contributed by atoms with Crippen molar-refractivity contribution in [1.82, 2.24) is 10.2 Å². The summed E-state index contributed by atoms with van der Waals surface area (Å²) in [6.07, 6.45) is 2.05. The number of carbonyl (C=O) groups excluding carboxylic acids is 1. The second-order valence-electron chi connectivity index (χ2n) is 5.91. The zero-order chi connectivity index (χ0) is 18.1. The van der Waals surface area contributed by atoms with E-state index >= 15 is 0 Å². The van der Waals surface area contributed by atoms with E-state index in [9.17, 15) is 9.59 Å². The lowest BCUT2D eigenvalue weighted by Gasteiger charge is -2.07. The number of rotatable bonds is 4. The van der Waals surface area contributed by atoms with E-state index in [1.807, 2.05) is 12.1 Å². The Bertz CT molecular complexity index is 1140. The van der Waals surface area contributed by atoms with E-state index in [-0.39, 0.29) is 11.3 Å². The van der Waals surface area contributed by atoms with E-state index < -0.39 is 0 Å². The predicted octanol–water partition coefficient (Wildman–Crippen LogP) is 3.99. The van der Waals surface area contributed by atoms with Crippen LogP contribution in [0.25, 0.3) is 11.0 Å². The molecule has 0 atom stereocenters. The Kier molecular flexibility index (Phi) is 4.14. The first kappa shape index (κ1) is 16.3. The van der Waals surface area contributed by atoms with Crippen molar-refractivity contribution in [2.45, 2.75) is 6.42 Å². The third-order valence-electron chi connectivity index (χ3n) is 4.08. The summed E-state index contributed by atoms with van der Waals surface area (Å²) >= 11 is 5.90. The second-order valence-corrected chi connectivity index (χ2v) is 6.34. The fourth-order valence-electron chi connectivity index (χ4n) is 2.85. The van der Waals surface area contributed by atoms with Crippen molar-refractivity contribution in [2.24, 2.45) is 0 Å². The number of hydrogen-bond donors (Lipinski definition) is 1. The molecule has 5 nitrogen and oxygen atoms in total. The minimum atomic E-state index is -0.252. The number of carbonyl (C=O) groups is 1. The van der Waals surface area contributed by atoms with Gasteiger partial charge in [0.25, 0.3) is 5.56 Å². The fraction of sp³-hybridized carbons (Fsp3) is 0.0500. The van der Waals surface area contributed by atoms with Gasteiger partial charge in [-0.05, 0) is 54.1 Å². The molecule has 0 unspecified atom stereocenters. The number of halogens is 1. The van der Waals surface area contributed by atoms with Crippen LogP contribution in [0, 0.1) is 0 Å². The SMILES string of the molecule is O=C(c1ccc(Cl)cc1)c1cc(Cc2ccc(=O)[nH]n2)cc2ccoc12. The number of aromatic nitrogens is 2. The summed E-state index contributed by atoms with van der Waals surface area (Å²) in [5.74, 6) is -0.141. The Morgan fingerprint density at radius 3 is 2.62 bits per heavy atom. The molecule has 2 aromatic carbocycles. The van der Waals surface area contributed by atoms with E-state index in [1.165, 1.54) is 6.07 Å². The monoisotopic (exact) mass is 364 g/mol. The van der Waals surface area contributed by atoms with E-state index in [1.54, 1.807) is 42.7 Å². The van der Waals surface area contributed by atoms with E-state index in [0.29, 0.717) is 33.8 Å². The van der Waals surface area contributed by atoms with Gasteiger partial charge in [-0.2, -0.15) is 5.10 Å². The molecule has 2 aromatic heterocycles. The molecule has 0 fully saturated rings. The van der Waals surface area contributed by atoms with Gasteiger partial charge in [0, 0.05) is 28.5 Å². The fourth-order valence-corrected chi connectivity index (χ4v) is 2.98. The summed E-state index contributed by atoms with van der Waals surface area (Å²) in [5.41, 5.74) is 2.91. The van der Waals surface area contributed by atoms with Crippen LogP contribution in [0.3, 0.4) is 0 Å². The largest absolute Gasteiger partial charge is 0.464 e. The van der Waals surface area contributed by atoms with Crippen LogP contribution >= 0.6 is 11.6 Å². The summed E-state index contributed by atoms with van der Waals surface area (Å²) in [6, 6.07) is 15.4. The minimum absolute atomic E-state index is 0.141. The predicted molar refractivity (Wildman–Crippen MR) is 98.8 cm³/mol. The van der Waals surface area contributed by atoms with Crippen LogP contribution in [0.2, 0.25) is 5.02 Å². The van der Waals surface area contributed by atoms with Gasteiger partial charge in [0.15, 0.2) is 5.78 Å². The van der Waals surface area contributed by atoms with Gasteiger partial charge in [-0.25, -0.2) is 5.10 Å². The number of fused-ring (bicyclic) bond motifs is 1. The lowest BCUT2D eigenvalue weighted by Crippen LogP contribution is -2.08. The third kappa shape index (κ3) is 3.17. The van der Waals surface area contributed by atoms with Gasteiger partial charge in [0.2, 0.25) is 0 Å². The molecule has 0 radical (unpaired) electrons. The number of aromatic amines is 1. The van der Waals surface area contributed by atoms with Gasteiger partial charge in [-0.15, -0.1) is 0 Å². The molecule has 4 aromatic rings.